The summed E-state index contributed by atoms with van der Waals surface area (Å²) in [6, 6.07) is 25.6. The normalized spacial score (nSPS) is 14.6. The van der Waals surface area contributed by atoms with E-state index in [0.717, 1.165) is 36.8 Å². The lowest BCUT2D eigenvalue weighted by Crippen LogP contribution is -2.53. The summed E-state index contributed by atoms with van der Waals surface area (Å²) < 4.78 is 14.7. The fourth-order valence-corrected chi connectivity index (χ4v) is 5.69. The Kier molecular flexibility index (Phi) is 10.2. The number of benzene rings is 3. The lowest BCUT2D eigenvalue weighted by Gasteiger charge is -2.33. The number of carbonyl (C=O) groups is 2. The van der Waals surface area contributed by atoms with Gasteiger partial charge in [-0.1, -0.05) is 98.1 Å². The Hall–Kier alpha value is -3.12. The van der Waals surface area contributed by atoms with Crippen LogP contribution in [0.2, 0.25) is 0 Å². The van der Waals surface area contributed by atoms with Crippen LogP contribution >= 0.6 is 11.8 Å². The second-order valence-electron chi connectivity index (χ2n) is 9.64. The number of carbonyl (C=O) groups excluding carboxylic acids is 2. The molecule has 0 aromatic heterocycles. The molecule has 1 aliphatic rings. The maximum atomic E-state index is 14.7. The number of halogens is 1. The number of amides is 2. The van der Waals surface area contributed by atoms with Gasteiger partial charge in [0.05, 0.1) is 5.75 Å². The molecular weight excluding hydrogens is 483 g/mol. The van der Waals surface area contributed by atoms with Gasteiger partial charge in [0.15, 0.2) is 0 Å². The van der Waals surface area contributed by atoms with Crippen LogP contribution in [0.4, 0.5) is 4.39 Å². The van der Waals surface area contributed by atoms with Gasteiger partial charge in [-0.3, -0.25) is 9.59 Å². The first-order chi connectivity index (χ1) is 18.1. The minimum Gasteiger partial charge on any atom is -0.352 e. The molecule has 3 aromatic rings. The molecule has 0 radical (unpaired) electrons. The van der Waals surface area contributed by atoms with Crippen molar-refractivity contribution in [2.45, 2.75) is 62.9 Å². The third-order valence-corrected chi connectivity index (χ3v) is 7.85. The molecule has 0 aliphatic heterocycles. The van der Waals surface area contributed by atoms with Gasteiger partial charge >= 0.3 is 0 Å². The van der Waals surface area contributed by atoms with Crippen molar-refractivity contribution in [2.24, 2.45) is 0 Å². The summed E-state index contributed by atoms with van der Waals surface area (Å²) in [7, 11) is 0. The van der Waals surface area contributed by atoms with E-state index in [9.17, 15) is 14.0 Å². The third-order valence-electron chi connectivity index (χ3n) is 6.86. The average Bonchev–Trinajstić information content (AvgIpc) is 2.93. The van der Waals surface area contributed by atoms with Gasteiger partial charge in [0.2, 0.25) is 11.8 Å². The quantitative estimate of drug-likeness (QED) is 0.331. The molecule has 6 heteroatoms. The second kappa shape index (κ2) is 14.0. The summed E-state index contributed by atoms with van der Waals surface area (Å²) in [6.45, 7) is 0.0486. The lowest BCUT2D eigenvalue weighted by molar-refractivity contribution is -0.139. The van der Waals surface area contributed by atoms with Crippen molar-refractivity contribution in [3.8, 4) is 0 Å². The summed E-state index contributed by atoms with van der Waals surface area (Å²) in [5.41, 5.74) is 2.51. The zero-order chi connectivity index (χ0) is 25.9. The third kappa shape index (κ3) is 8.19. The van der Waals surface area contributed by atoms with E-state index in [1.54, 1.807) is 23.1 Å². The fourth-order valence-electron chi connectivity index (χ4n) is 4.82. The number of rotatable bonds is 11. The maximum Gasteiger partial charge on any atom is 0.243 e. The molecule has 0 saturated heterocycles. The Labute approximate surface area is 223 Å². The zero-order valence-electron chi connectivity index (χ0n) is 21.2. The topological polar surface area (TPSA) is 49.4 Å². The molecule has 3 aromatic carbocycles. The molecule has 1 saturated carbocycles. The molecule has 4 nitrogen and oxygen atoms in total. The van der Waals surface area contributed by atoms with Crippen LogP contribution < -0.4 is 5.32 Å². The molecule has 0 spiro atoms. The Morgan fingerprint density at radius 1 is 0.865 bits per heavy atom. The molecule has 1 unspecified atom stereocenters. The molecule has 1 fully saturated rings. The maximum absolute atomic E-state index is 14.7. The van der Waals surface area contributed by atoms with Crippen LogP contribution in [0.25, 0.3) is 0 Å². The van der Waals surface area contributed by atoms with Gasteiger partial charge in [0.25, 0.3) is 0 Å². The molecule has 0 bridgehead atoms. The highest BCUT2D eigenvalue weighted by atomic mass is 32.2. The van der Waals surface area contributed by atoms with Gasteiger partial charge in [0.1, 0.15) is 11.9 Å². The summed E-state index contributed by atoms with van der Waals surface area (Å²) in [4.78, 5) is 29.0. The first-order valence-electron chi connectivity index (χ1n) is 13.1. The standard InChI is InChI=1S/C31H35FN2O2S/c32-28-19-11-10-16-26(28)21-34(30(35)23-37-22-25-14-6-2-7-15-25)29(20-24-12-4-1-5-13-24)31(36)33-27-17-8-3-9-18-27/h1-2,4-7,10-16,19,27,29H,3,8-9,17-18,20-23H2,(H,33,36). The molecule has 37 heavy (non-hydrogen) atoms. The van der Waals surface area contributed by atoms with Crippen LogP contribution in [0.15, 0.2) is 84.9 Å². The van der Waals surface area contributed by atoms with E-state index in [1.165, 1.54) is 24.2 Å². The smallest absolute Gasteiger partial charge is 0.243 e. The van der Waals surface area contributed by atoms with Gasteiger partial charge in [-0.25, -0.2) is 4.39 Å². The first-order valence-corrected chi connectivity index (χ1v) is 14.2. The SMILES string of the molecule is O=C(NC1CCCCC1)C(Cc1ccccc1)N(Cc1ccccc1F)C(=O)CSCc1ccccc1. The molecule has 194 valence electrons. The van der Waals surface area contributed by atoms with Crippen molar-refractivity contribution in [3.05, 3.63) is 107 Å². The van der Waals surface area contributed by atoms with Crippen molar-refractivity contribution < 1.29 is 14.0 Å². The molecule has 1 atom stereocenters. The van der Waals surface area contributed by atoms with E-state index >= 15 is 0 Å². The van der Waals surface area contributed by atoms with Crippen molar-refractivity contribution in [2.75, 3.05) is 5.75 Å². The zero-order valence-corrected chi connectivity index (χ0v) is 22.0. The van der Waals surface area contributed by atoms with E-state index < -0.39 is 6.04 Å². The van der Waals surface area contributed by atoms with Crippen LogP contribution in [0, 0.1) is 5.82 Å². The van der Waals surface area contributed by atoms with E-state index in [4.69, 9.17) is 0 Å². The lowest BCUT2D eigenvalue weighted by atomic mass is 9.94. The van der Waals surface area contributed by atoms with Gasteiger partial charge in [-0.2, -0.15) is 0 Å². The van der Waals surface area contributed by atoms with Crippen molar-refractivity contribution >= 4 is 23.6 Å². The van der Waals surface area contributed by atoms with Gasteiger partial charge in [-0.15, -0.1) is 11.8 Å². The summed E-state index contributed by atoms with van der Waals surface area (Å²) >= 11 is 1.51. The highest BCUT2D eigenvalue weighted by Gasteiger charge is 2.32. The molecule has 1 aliphatic carbocycles. The van der Waals surface area contributed by atoms with Gasteiger partial charge in [-0.05, 0) is 30.0 Å². The van der Waals surface area contributed by atoms with Crippen LogP contribution in [0.3, 0.4) is 0 Å². The second-order valence-corrected chi connectivity index (χ2v) is 10.6. The summed E-state index contributed by atoms with van der Waals surface area (Å²) in [5, 5.41) is 3.22. The van der Waals surface area contributed by atoms with Crippen molar-refractivity contribution in [1.82, 2.24) is 10.2 Å². The van der Waals surface area contributed by atoms with Crippen LogP contribution in [0.1, 0.15) is 48.8 Å². The Bertz CT molecular complexity index is 1140. The molecule has 2 amide bonds. The number of thioether (sulfide) groups is 1. The van der Waals surface area contributed by atoms with Crippen molar-refractivity contribution in [1.29, 1.82) is 0 Å². The Balaban J connectivity index is 1.57. The highest BCUT2D eigenvalue weighted by molar-refractivity contribution is 7.99. The molecule has 1 N–H and O–H groups in total. The highest BCUT2D eigenvalue weighted by Crippen LogP contribution is 2.22. The number of hydrogen-bond donors (Lipinski definition) is 1. The molecular formula is C31H35FN2O2S. The number of hydrogen-bond acceptors (Lipinski definition) is 3. The van der Waals surface area contributed by atoms with E-state index in [2.05, 4.69) is 5.32 Å². The van der Waals surface area contributed by atoms with E-state index in [0.29, 0.717) is 17.7 Å². The Morgan fingerprint density at radius 3 is 2.16 bits per heavy atom. The van der Waals surface area contributed by atoms with Crippen molar-refractivity contribution in [3.63, 3.8) is 0 Å². The Morgan fingerprint density at radius 2 is 1.49 bits per heavy atom. The van der Waals surface area contributed by atoms with Gasteiger partial charge in [0, 0.05) is 30.3 Å². The number of nitrogens with zero attached hydrogens (tertiary/aromatic N) is 1. The summed E-state index contributed by atoms with van der Waals surface area (Å²) in [5.74, 6) is 0.212. The monoisotopic (exact) mass is 518 g/mol. The van der Waals surface area contributed by atoms with Gasteiger partial charge < -0.3 is 10.2 Å². The predicted molar refractivity (Wildman–Crippen MR) is 149 cm³/mol. The predicted octanol–water partition coefficient (Wildman–Crippen LogP) is 6.15. The minimum atomic E-state index is -0.728. The van der Waals surface area contributed by atoms with Crippen LogP contribution in [0.5, 0.6) is 0 Å². The fraction of sp³-hybridized carbons (Fsp3) is 0.355. The molecule has 4 rings (SSSR count). The molecule has 0 heterocycles. The first kappa shape index (κ1) is 26.9. The number of nitrogens with one attached hydrogen (secondary N) is 1. The summed E-state index contributed by atoms with van der Waals surface area (Å²) in [6.07, 6.45) is 5.68. The van der Waals surface area contributed by atoms with E-state index in [-0.39, 0.29) is 36.0 Å². The van der Waals surface area contributed by atoms with E-state index in [1.807, 2.05) is 60.7 Å². The minimum absolute atomic E-state index is 0.0486. The average molecular weight is 519 g/mol. The van der Waals surface area contributed by atoms with Crippen LogP contribution in [-0.2, 0) is 28.3 Å². The largest absolute Gasteiger partial charge is 0.352 e. The van der Waals surface area contributed by atoms with Crippen LogP contribution in [-0.4, -0.2) is 34.6 Å².